The number of hydrogen-bond donors (Lipinski definition) is 0. The molecule has 0 atom stereocenters. The van der Waals surface area contributed by atoms with Crippen LogP contribution < -0.4 is 9.47 Å². The van der Waals surface area contributed by atoms with E-state index >= 15 is 0 Å². The highest BCUT2D eigenvalue weighted by Gasteiger charge is 2.53. The third-order valence-corrected chi connectivity index (χ3v) is 4.51. The molecule has 6 nitrogen and oxygen atoms in total. The number of benzene rings is 1. The minimum Gasteiger partial charge on any atom is -0.493 e. The van der Waals surface area contributed by atoms with Gasteiger partial charge in [-0.3, -0.25) is 4.79 Å². The van der Waals surface area contributed by atoms with Crippen LogP contribution in [0.15, 0.2) is 18.2 Å². The SMILES string of the molecule is COCCN(CCOC)C(=O)C1(c2ccc(OC)c(OC)c2)CC1. The van der Waals surface area contributed by atoms with Gasteiger partial charge in [0.05, 0.1) is 32.8 Å². The van der Waals surface area contributed by atoms with E-state index in [0.29, 0.717) is 37.8 Å². The zero-order valence-electron chi connectivity index (χ0n) is 15.0. The van der Waals surface area contributed by atoms with E-state index in [2.05, 4.69) is 0 Å². The summed E-state index contributed by atoms with van der Waals surface area (Å²) in [6.07, 6.45) is 1.69. The Labute approximate surface area is 143 Å². The second-order valence-corrected chi connectivity index (χ2v) is 5.93. The summed E-state index contributed by atoms with van der Waals surface area (Å²) < 4.78 is 20.9. The Kier molecular flexibility index (Phi) is 6.45. The number of nitrogens with zero attached hydrogens (tertiary/aromatic N) is 1. The second-order valence-electron chi connectivity index (χ2n) is 5.93. The van der Waals surface area contributed by atoms with Crippen molar-refractivity contribution in [2.45, 2.75) is 18.3 Å². The molecule has 1 aromatic rings. The number of methoxy groups -OCH3 is 4. The van der Waals surface area contributed by atoms with Crippen LogP contribution in [0.2, 0.25) is 0 Å². The van der Waals surface area contributed by atoms with Crippen molar-refractivity contribution in [3.63, 3.8) is 0 Å². The maximum absolute atomic E-state index is 13.1. The molecule has 0 unspecified atom stereocenters. The number of ether oxygens (including phenoxy) is 4. The van der Waals surface area contributed by atoms with Crippen LogP contribution >= 0.6 is 0 Å². The predicted octanol–water partition coefficient (Wildman–Crippen LogP) is 1.86. The molecule has 24 heavy (non-hydrogen) atoms. The number of amides is 1. The molecule has 2 rings (SSSR count). The Balaban J connectivity index is 2.22. The Morgan fingerprint density at radius 1 is 1.00 bits per heavy atom. The van der Waals surface area contributed by atoms with Crippen molar-refractivity contribution >= 4 is 5.91 Å². The fourth-order valence-corrected chi connectivity index (χ4v) is 2.91. The Morgan fingerprint density at radius 2 is 1.58 bits per heavy atom. The number of rotatable bonds is 10. The second kappa shape index (κ2) is 8.35. The van der Waals surface area contributed by atoms with Crippen LogP contribution in [0.25, 0.3) is 0 Å². The van der Waals surface area contributed by atoms with Gasteiger partial charge in [0.2, 0.25) is 5.91 Å². The highest BCUT2D eigenvalue weighted by Crippen LogP contribution is 2.51. The molecule has 1 aliphatic rings. The van der Waals surface area contributed by atoms with Crippen LogP contribution in [0.1, 0.15) is 18.4 Å². The third-order valence-electron chi connectivity index (χ3n) is 4.51. The monoisotopic (exact) mass is 337 g/mol. The first-order chi connectivity index (χ1) is 11.6. The minimum atomic E-state index is -0.457. The molecular weight excluding hydrogens is 310 g/mol. The van der Waals surface area contributed by atoms with Crippen molar-refractivity contribution in [1.82, 2.24) is 4.90 Å². The van der Waals surface area contributed by atoms with Gasteiger partial charge in [0, 0.05) is 27.3 Å². The molecule has 1 aliphatic carbocycles. The van der Waals surface area contributed by atoms with E-state index < -0.39 is 5.41 Å². The normalized spacial score (nSPS) is 15.0. The van der Waals surface area contributed by atoms with E-state index in [1.165, 1.54) is 0 Å². The summed E-state index contributed by atoms with van der Waals surface area (Å²) in [6.45, 7) is 2.15. The first-order valence-electron chi connectivity index (χ1n) is 8.12. The molecule has 6 heteroatoms. The first kappa shape index (κ1) is 18.5. The Morgan fingerprint density at radius 3 is 2.04 bits per heavy atom. The molecule has 0 N–H and O–H groups in total. The fraction of sp³-hybridized carbons (Fsp3) is 0.611. The Hall–Kier alpha value is -1.79. The van der Waals surface area contributed by atoms with Crippen molar-refractivity contribution in [1.29, 1.82) is 0 Å². The molecular formula is C18H27NO5. The molecule has 1 aromatic carbocycles. The molecule has 0 aliphatic heterocycles. The molecule has 0 radical (unpaired) electrons. The molecule has 0 saturated heterocycles. The maximum Gasteiger partial charge on any atom is 0.233 e. The molecule has 1 amide bonds. The quantitative estimate of drug-likeness (QED) is 0.652. The van der Waals surface area contributed by atoms with Crippen molar-refractivity contribution < 1.29 is 23.7 Å². The van der Waals surface area contributed by atoms with Gasteiger partial charge >= 0.3 is 0 Å². The van der Waals surface area contributed by atoms with Gasteiger partial charge in [0.15, 0.2) is 11.5 Å². The summed E-state index contributed by atoms with van der Waals surface area (Å²) >= 11 is 0. The number of carbonyl (C=O) groups excluding carboxylic acids is 1. The molecule has 1 fully saturated rings. The lowest BCUT2D eigenvalue weighted by Crippen LogP contribution is -2.42. The van der Waals surface area contributed by atoms with Crippen LogP contribution in [0.4, 0.5) is 0 Å². The van der Waals surface area contributed by atoms with Crippen LogP contribution in [0, 0.1) is 0 Å². The highest BCUT2D eigenvalue weighted by molar-refractivity contribution is 5.91. The van der Waals surface area contributed by atoms with Gasteiger partial charge in [-0.25, -0.2) is 0 Å². The molecule has 0 spiro atoms. The standard InChI is InChI=1S/C18H27NO5/c1-21-11-9-19(10-12-22-2)17(20)18(7-8-18)14-5-6-15(23-3)16(13-14)24-4/h5-6,13H,7-12H2,1-4H3. The lowest BCUT2D eigenvalue weighted by molar-refractivity contribution is -0.135. The molecule has 0 bridgehead atoms. The molecule has 134 valence electrons. The lowest BCUT2D eigenvalue weighted by Gasteiger charge is -2.27. The first-order valence-corrected chi connectivity index (χ1v) is 8.12. The summed E-state index contributed by atoms with van der Waals surface area (Å²) in [5, 5.41) is 0. The molecule has 1 saturated carbocycles. The van der Waals surface area contributed by atoms with Crippen molar-refractivity contribution in [3.8, 4) is 11.5 Å². The van der Waals surface area contributed by atoms with Gasteiger partial charge in [-0.1, -0.05) is 6.07 Å². The zero-order chi connectivity index (χ0) is 17.6. The maximum atomic E-state index is 13.1. The molecule has 0 aromatic heterocycles. The van der Waals surface area contributed by atoms with Gasteiger partial charge in [-0.15, -0.1) is 0 Å². The van der Waals surface area contributed by atoms with Crippen LogP contribution in [-0.4, -0.2) is 65.5 Å². The lowest BCUT2D eigenvalue weighted by atomic mass is 9.93. The van der Waals surface area contributed by atoms with Crippen LogP contribution in [0.5, 0.6) is 11.5 Å². The number of carbonyl (C=O) groups is 1. The van der Waals surface area contributed by atoms with Gasteiger partial charge in [0.1, 0.15) is 0 Å². The summed E-state index contributed by atoms with van der Waals surface area (Å²) in [4.78, 5) is 15.0. The zero-order valence-corrected chi connectivity index (χ0v) is 15.0. The summed E-state index contributed by atoms with van der Waals surface area (Å²) in [5.41, 5.74) is 0.520. The topological polar surface area (TPSA) is 57.2 Å². The van der Waals surface area contributed by atoms with E-state index in [4.69, 9.17) is 18.9 Å². The van der Waals surface area contributed by atoms with Gasteiger partial charge in [-0.2, -0.15) is 0 Å². The van der Waals surface area contributed by atoms with Gasteiger partial charge in [-0.05, 0) is 30.5 Å². The van der Waals surface area contributed by atoms with E-state index in [1.807, 2.05) is 23.1 Å². The van der Waals surface area contributed by atoms with E-state index in [9.17, 15) is 4.79 Å². The summed E-state index contributed by atoms with van der Waals surface area (Å²) in [5.74, 6) is 1.44. The minimum absolute atomic E-state index is 0.129. The predicted molar refractivity (Wildman–Crippen MR) is 90.8 cm³/mol. The van der Waals surface area contributed by atoms with Crippen molar-refractivity contribution in [3.05, 3.63) is 23.8 Å². The van der Waals surface area contributed by atoms with Crippen LogP contribution in [-0.2, 0) is 19.7 Å². The van der Waals surface area contributed by atoms with Crippen molar-refractivity contribution in [2.75, 3.05) is 54.7 Å². The summed E-state index contributed by atoms with van der Waals surface area (Å²) in [7, 11) is 6.49. The van der Waals surface area contributed by atoms with Gasteiger partial charge in [0.25, 0.3) is 0 Å². The average molecular weight is 337 g/mol. The fourth-order valence-electron chi connectivity index (χ4n) is 2.91. The van der Waals surface area contributed by atoms with E-state index in [-0.39, 0.29) is 5.91 Å². The van der Waals surface area contributed by atoms with Crippen molar-refractivity contribution in [2.24, 2.45) is 0 Å². The molecule has 0 heterocycles. The average Bonchev–Trinajstić information content (AvgIpc) is 3.42. The Bertz CT molecular complexity index is 548. The highest BCUT2D eigenvalue weighted by atomic mass is 16.5. The van der Waals surface area contributed by atoms with E-state index in [0.717, 1.165) is 18.4 Å². The van der Waals surface area contributed by atoms with E-state index in [1.54, 1.807) is 28.4 Å². The number of hydrogen-bond acceptors (Lipinski definition) is 5. The smallest absolute Gasteiger partial charge is 0.233 e. The van der Waals surface area contributed by atoms with Crippen LogP contribution in [0.3, 0.4) is 0 Å². The third kappa shape index (κ3) is 3.82. The largest absolute Gasteiger partial charge is 0.493 e. The summed E-state index contributed by atoms with van der Waals surface area (Å²) in [6, 6.07) is 5.72. The van der Waals surface area contributed by atoms with Gasteiger partial charge < -0.3 is 23.8 Å².